The summed E-state index contributed by atoms with van der Waals surface area (Å²) in [6.07, 6.45) is 0. The summed E-state index contributed by atoms with van der Waals surface area (Å²) in [5.74, 6) is 3.54. The van der Waals surface area contributed by atoms with Crippen LogP contribution in [0.15, 0.2) is 328 Å². The summed E-state index contributed by atoms with van der Waals surface area (Å²) in [6, 6.07) is 118. The van der Waals surface area contributed by atoms with Crippen LogP contribution in [0, 0.1) is 0 Å². The molecular formula is C96H66N8. The lowest BCUT2D eigenvalue weighted by Crippen LogP contribution is -2.15. The van der Waals surface area contributed by atoms with Crippen molar-refractivity contribution in [1.82, 2.24) is 39.0 Å². The second-order valence-corrected chi connectivity index (χ2v) is 28.4. The van der Waals surface area contributed by atoms with Gasteiger partial charge in [0.05, 0.1) is 33.4 Å². The fraction of sp³-hybridized carbons (Fsp3) is 0.0625. The zero-order valence-electron chi connectivity index (χ0n) is 57.8. The first-order valence-electron chi connectivity index (χ1n) is 35.7. The van der Waals surface area contributed by atoms with E-state index in [9.17, 15) is 0 Å². The molecule has 0 bridgehead atoms. The number of benzene rings is 14. The fourth-order valence-electron chi connectivity index (χ4n) is 17.1. The molecule has 18 aromatic rings. The van der Waals surface area contributed by atoms with Gasteiger partial charge in [0.2, 0.25) is 0 Å². The summed E-state index contributed by atoms with van der Waals surface area (Å²) < 4.78 is 4.94. The molecule has 104 heavy (non-hydrogen) atoms. The van der Waals surface area contributed by atoms with Gasteiger partial charge in [-0.05, 0) is 126 Å². The van der Waals surface area contributed by atoms with E-state index in [1.807, 2.05) is 72.8 Å². The van der Waals surface area contributed by atoms with Gasteiger partial charge in [0.1, 0.15) is 0 Å². The van der Waals surface area contributed by atoms with Crippen molar-refractivity contribution in [3.05, 3.63) is 350 Å². The molecule has 4 aromatic heterocycles. The molecule has 490 valence electrons. The molecular weight excluding hydrogens is 1270 g/mol. The molecule has 14 aromatic carbocycles. The normalized spacial score (nSPS) is 13.2. The lowest BCUT2D eigenvalue weighted by atomic mass is 9.80. The summed E-state index contributed by atoms with van der Waals surface area (Å²) in [6.45, 7) is 9.53. The van der Waals surface area contributed by atoms with Crippen molar-refractivity contribution in [1.29, 1.82) is 0 Å². The van der Waals surface area contributed by atoms with Gasteiger partial charge in [0.15, 0.2) is 34.9 Å². The Morgan fingerprint density at radius 2 is 0.500 bits per heavy atom. The molecule has 0 N–H and O–H groups in total. The third-order valence-electron chi connectivity index (χ3n) is 21.8. The van der Waals surface area contributed by atoms with Crippen LogP contribution in [0.25, 0.3) is 179 Å². The molecule has 2 aliphatic carbocycles. The first kappa shape index (κ1) is 60.6. The number of fused-ring (bicyclic) bond motifs is 14. The van der Waals surface area contributed by atoms with Crippen LogP contribution in [0.5, 0.6) is 0 Å². The van der Waals surface area contributed by atoms with Crippen molar-refractivity contribution in [2.45, 2.75) is 38.5 Å². The summed E-state index contributed by atoms with van der Waals surface area (Å²) in [4.78, 5) is 32.2. The Balaban J connectivity index is 0.817. The van der Waals surface area contributed by atoms with E-state index in [2.05, 4.69) is 292 Å². The standard InChI is InChI=1S/C96H66N8/c1-95(2)77-45-25-21-41-69(77)71-53-55-81-85(87(71)95)73-43-23-27-47-79(73)103(81)83-57-63(49-51-75(83)93-99-89(59-29-9-5-10-30-59)97-90(100-93)60-31-11-6-12-32-60)65-37-17-19-39-67(65)68-40-20-18-38-66(68)64-50-52-76(94-101-91(61-33-13-7-14-34-61)98-92(102-94)62-35-15-8-16-36-62)84(58-64)104-80-48-28-24-44-74(80)86-82(104)56-54-72-70-42-22-26-46-78(70)96(3,4)88(72)86/h5-58H,1-4H3. The monoisotopic (exact) mass is 1330 g/mol. The van der Waals surface area contributed by atoms with Crippen molar-refractivity contribution in [3.8, 4) is 135 Å². The topological polar surface area (TPSA) is 87.2 Å². The highest BCUT2D eigenvalue weighted by atomic mass is 15.1. The Morgan fingerprint density at radius 3 is 0.865 bits per heavy atom. The SMILES string of the molecule is CC1(C)c2ccccc2-c2ccc3c(c21)c1ccccc1n3-c1cc(-c2ccccc2-c2ccccc2-c2ccc(-c3nc(-c4ccccc4)nc(-c4ccccc4)n3)c(-n3c4ccccc4c4c5c(ccc43)-c3ccccc3C5(C)C)c2)ccc1-c1nc(-c2ccccc2)nc(-c2ccccc2)n1. The van der Waals surface area contributed by atoms with E-state index < -0.39 is 0 Å². The number of hydrogen-bond acceptors (Lipinski definition) is 6. The lowest BCUT2D eigenvalue weighted by Gasteiger charge is -2.23. The summed E-state index contributed by atoms with van der Waals surface area (Å²) in [5.41, 5.74) is 27.9. The van der Waals surface area contributed by atoms with Gasteiger partial charge in [0, 0.05) is 65.8 Å². The predicted octanol–water partition coefficient (Wildman–Crippen LogP) is 23.9. The highest BCUT2D eigenvalue weighted by Gasteiger charge is 2.40. The quantitative estimate of drug-likeness (QED) is 0.128. The van der Waals surface area contributed by atoms with E-state index in [4.69, 9.17) is 29.9 Å². The van der Waals surface area contributed by atoms with Crippen LogP contribution < -0.4 is 0 Å². The Labute approximate surface area is 602 Å². The maximum absolute atomic E-state index is 5.45. The largest absolute Gasteiger partial charge is 0.308 e. The van der Waals surface area contributed by atoms with Crippen LogP contribution in [-0.4, -0.2) is 39.0 Å². The molecule has 0 atom stereocenters. The first-order valence-corrected chi connectivity index (χ1v) is 35.7. The number of nitrogens with zero attached hydrogens (tertiary/aromatic N) is 8. The van der Waals surface area contributed by atoms with Gasteiger partial charge < -0.3 is 9.13 Å². The van der Waals surface area contributed by atoms with E-state index in [0.29, 0.717) is 34.9 Å². The smallest absolute Gasteiger partial charge is 0.166 e. The van der Waals surface area contributed by atoms with Crippen LogP contribution in [0.2, 0.25) is 0 Å². The highest BCUT2D eigenvalue weighted by molar-refractivity contribution is 6.16. The van der Waals surface area contributed by atoms with Crippen LogP contribution in [0.4, 0.5) is 0 Å². The lowest BCUT2D eigenvalue weighted by molar-refractivity contribution is 0.666. The predicted molar refractivity (Wildman–Crippen MR) is 426 cm³/mol. The van der Waals surface area contributed by atoms with Gasteiger partial charge in [-0.2, -0.15) is 0 Å². The summed E-state index contributed by atoms with van der Waals surface area (Å²) in [7, 11) is 0. The van der Waals surface area contributed by atoms with Gasteiger partial charge in [0.25, 0.3) is 0 Å². The van der Waals surface area contributed by atoms with Crippen molar-refractivity contribution in [2.24, 2.45) is 0 Å². The number of rotatable bonds is 11. The molecule has 0 saturated heterocycles. The Bertz CT molecular complexity index is 6010. The molecule has 2 aliphatic rings. The first-order chi connectivity index (χ1) is 51.1. The minimum atomic E-state index is -0.277. The molecule has 0 unspecified atom stereocenters. The number of aromatic nitrogens is 8. The molecule has 0 aliphatic heterocycles. The maximum atomic E-state index is 5.45. The molecule has 0 saturated carbocycles. The maximum Gasteiger partial charge on any atom is 0.166 e. The molecule has 8 nitrogen and oxygen atoms in total. The molecule has 0 spiro atoms. The van der Waals surface area contributed by atoms with Crippen molar-refractivity contribution < 1.29 is 0 Å². The summed E-state index contributed by atoms with van der Waals surface area (Å²) >= 11 is 0. The van der Waals surface area contributed by atoms with Gasteiger partial charge in [-0.15, -0.1) is 0 Å². The van der Waals surface area contributed by atoms with Crippen LogP contribution in [0.1, 0.15) is 49.9 Å². The molecule has 0 radical (unpaired) electrons. The zero-order chi connectivity index (χ0) is 69.4. The number of para-hydroxylation sites is 2. The van der Waals surface area contributed by atoms with E-state index in [1.54, 1.807) is 0 Å². The van der Waals surface area contributed by atoms with Gasteiger partial charge >= 0.3 is 0 Å². The van der Waals surface area contributed by atoms with E-state index in [0.717, 1.165) is 100 Å². The van der Waals surface area contributed by atoms with Gasteiger partial charge in [-0.1, -0.05) is 307 Å². The average Bonchev–Trinajstić information content (AvgIpc) is 1.54. The van der Waals surface area contributed by atoms with E-state index in [1.165, 1.54) is 66.1 Å². The second-order valence-electron chi connectivity index (χ2n) is 28.4. The Morgan fingerprint density at radius 1 is 0.212 bits per heavy atom. The van der Waals surface area contributed by atoms with Crippen molar-refractivity contribution >= 4 is 43.6 Å². The van der Waals surface area contributed by atoms with Gasteiger partial charge in [-0.25, -0.2) is 29.9 Å². The average molecular weight is 1330 g/mol. The summed E-state index contributed by atoms with van der Waals surface area (Å²) in [5, 5.41) is 4.85. The molecule has 8 heteroatoms. The van der Waals surface area contributed by atoms with Crippen LogP contribution >= 0.6 is 0 Å². The van der Waals surface area contributed by atoms with Crippen molar-refractivity contribution in [3.63, 3.8) is 0 Å². The zero-order valence-corrected chi connectivity index (χ0v) is 57.8. The molecule has 20 rings (SSSR count). The molecule has 0 amide bonds. The molecule has 0 fully saturated rings. The fourth-order valence-corrected chi connectivity index (χ4v) is 17.1. The van der Waals surface area contributed by atoms with Crippen LogP contribution in [0.3, 0.4) is 0 Å². The second kappa shape index (κ2) is 23.7. The minimum Gasteiger partial charge on any atom is -0.308 e. The van der Waals surface area contributed by atoms with E-state index in [-0.39, 0.29) is 10.8 Å². The van der Waals surface area contributed by atoms with E-state index >= 15 is 0 Å². The molecule has 4 heterocycles. The van der Waals surface area contributed by atoms with Crippen molar-refractivity contribution in [2.75, 3.05) is 0 Å². The van der Waals surface area contributed by atoms with Gasteiger partial charge in [-0.3, -0.25) is 0 Å². The Kier molecular flexibility index (Phi) is 13.8. The highest BCUT2D eigenvalue weighted by Crippen LogP contribution is 2.56. The minimum absolute atomic E-state index is 0.277. The van der Waals surface area contributed by atoms with Crippen LogP contribution in [-0.2, 0) is 10.8 Å². The third kappa shape index (κ3) is 9.45. The third-order valence-corrected chi connectivity index (χ3v) is 21.8. The Hall–Kier alpha value is -13.3. The number of hydrogen-bond donors (Lipinski definition) is 0.